The van der Waals surface area contributed by atoms with Crippen LogP contribution in [0.3, 0.4) is 0 Å². The van der Waals surface area contributed by atoms with Crippen LogP contribution in [0.4, 0.5) is 22.7 Å². The van der Waals surface area contributed by atoms with E-state index in [1.165, 1.54) is 16.7 Å². The van der Waals surface area contributed by atoms with Gasteiger partial charge >= 0.3 is 0 Å². The second kappa shape index (κ2) is 23.1. The van der Waals surface area contributed by atoms with E-state index in [1.54, 1.807) is 6.08 Å². The SMILES string of the molecule is C=CCOc1ccccc1[C@@](C)(C=C)N(C(/C=C\Cc1cc(-c2ccccc2)cc(-c2ccc(N(C3=C/C(=C)C(=C/C)/C(=C\C)N(c4ccccc4)/C=C\3)c3ccccc3)cc2)c1)=C/C)c1ccccc1. The average molecular weight is 926 g/mol. The maximum absolute atomic E-state index is 6.23. The van der Waals surface area contributed by atoms with Gasteiger partial charge in [-0.25, -0.2) is 0 Å². The largest absolute Gasteiger partial charge is 0.489 e. The van der Waals surface area contributed by atoms with E-state index in [2.05, 4.69) is 281 Å². The molecule has 1 heterocycles. The Bertz CT molecular complexity index is 3140. The smallest absolute Gasteiger partial charge is 0.125 e. The van der Waals surface area contributed by atoms with Gasteiger partial charge in [0.1, 0.15) is 12.4 Å². The van der Waals surface area contributed by atoms with E-state index < -0.39 is 5.54 Å². The Morgan fingerprint density at radius 2 is 1.21 bits per heavy atom. The van der Waals surface area contributed by atoms with Crippen molar-refractivity contribution in [3.8, 4) is 28.0 Å². The van der Waals surface area contributed by atoms with E-state index in [0.29, 0.717) is 13.0 Å². The minimum atomic E-state index is -0.668. The fourth-order valence-electron chi connectivity index (χ4n) is 9.37. The van der Waals surface area contributed by atoms with Crippen molar-refractivity contribution in [1.82, 2.24) is 0 Å². The molecule has 0 aliphatic carbocycles. The van der Waals surface area contributed by atoms with Gasteiger partial charge in [0, 0.05) is 57.2 Å². The third kappa shape index (κ3) is 11.0. The zero-order chi connectivity index (χ0) is 49.6. The highest BCUT2D eigenvalue weighted by atomic mass is 16.5. The number of benzene rings is 7. The molecular weight excluding hydrogens is 863 g/mol. The van der Waals surface area contributed by atoms with Crippen molar-refractivity contribution in [3.63, 3.8) is 0 Å². The van der Waals surface area contributed by atoms with Crippen molar-refractivity contribution < 1.29 is 4.74 Å². The molecule has 1 aliphatic rings. The standard InChI is InChI=1S/C67H63N3O/c1-8-46-71-66-39-26-25-38-64(66)67(7,12-5)70(61-35-23-16-24-36-61)57(9-2)37-27-28-52-48-55(53-29-17-13-18-30-53)50-56(49-52)54-40-42-60(43-41-54)69(59-33-21-15-22-34-59)62-44-45-68(58-31-19-14-20-32-58)65(11-4)63(10-3)51(6)47-62/h8-27,29-45,47-50H,1,5-6,28,46H2,2-4,7H3/b37-27-,45-44-,57-9+,62-47+,63-10-,65-11+/t67-/m1/s1. The topological polar surface area (TPSA) is 19.0 Å². The Hall–Kier alpha value is -8.60. The van der Waals surface area contributed by atoms with Crippen molar-refractivity contribution in [2.24, 2.45) is 0 Å². The number of nitrogens with zero attached hydrogens (tertiary/aromatic N) is 3. The molecule has 7 aromatic rings. The highest BCUT2D eigenvalue weighted by Crippen LogP contribution is 2.42. The summed E-state index contributed by atoms with van der Waals surface area (Å²) >= 11 is 0. The first-order chi connectivity index (χ1) is 34.8. The maximum Gasteiger partial charge on any atom is 0.125 e. The van der Waals surface area contributed by atoms with Gasteiger partial charge in [0.05, 0.1) is 5.54 Å². The highest BCUT2D eigenvalue weighted by Gasteiger charge is 2.35. The van der Waals surface area contributed by atoms with Gasteiger partial charge in [0.15, 0.2) is 0 Å². The van der Waals surface area contributed by atoms with Crippen LogP contribution in [0.25, 0.3) is 22.3 Å². The molecule has 0 N–H and O–H groups in total. The predicted octanol–water partition coefficient (Wildman–Crippen LogP) is 17.7. The van der Waals surface area contributed by atoms with Crippen LogP contribution in [-0.2, 0) is 12.0 Å². The van der Waals surface area contributed by atoms with Gasteiger partial charge in [-0.1, -0.05) is 177 Å². The molecule has 7 aromatic carbocycles. The summed E-state index contributed by atoms with van der Waals surface area (Å²) in [7, 11) is 0. The van der Waals surface area contributed by atoms with Crippen LogP contribution in [-0.4, -0.2) is 6.61 Å². The lowest BCUT2D eigenvalue weighted by atomic mass is 9.87. The van der Waals surface area contributed by atoms with Crippen molar-refractivity contribution in [2.45, 2.75) is 39.7 Å². The van der Waals surface area contributed by atoms with Crippen molar-refractivity contribution in [3.05, 3.63) is 308 Å². The number of ether oxygens (including phenoxy) is 1. The molecule has 0 saturated heterocycles. The molecule has 0 unspecified atom stereocenters. The van der Waals surface area contributed by atoms with Crippen LogP contribution in [0, 0.1) is 0 Å². The van der Waals surface area contributed by atoms with Gasteiger partial charge in [-0.15, -0.1) is 6.58 Å². The second-order valence-corrected chi connectivity index (χ2v) is 17.4. The van der Waals surface area contributed by atoms with Crippen molar-refractivity contribution >= 4 is 22.7 Å². The van der Waals surface area contributed by atoms with Gasteiger partial charge in [-0.05, 0) is 146 Å². The first kappa shape index (κ1) is 48.8. The van der Waals surface area contributed by atoms with E-state index in [-0.39, 0.29) is 0 Å². The molecule has 352 valence electrons. The number of hydrogen-bond acceptors (Lipinski definition) is 4. The first-order valence-electron chi connectivity index (χ1n) is 24.4. The fourth-order valence-corrected chi connectivity index (χ4v) is 9.37. The summed E-state index contributed by atoms with van der Waals surface area (Å²) in [5, 5.41) is 0. The predicted molar refractivity (Wildman–Crippen MR) is 304 cm³/mol. The highest BCUT2D eigenvalue weighted by molar-refractivity contribution is 5.79. The lowest BCUT2D eigenvalue weighted by molar-refractivity contribution is 0.352. The monoisotopic (exact) mass is 925 g/mol. The normalized spacial score (nSPS) is 16.1. The number of para-hydroxylation sites is 4. The summed E-state index contributed by atoms with van der Waals surface area (Å²) in [4.78, 5) is 6.89. The van der Waals surface area contributed by atoms with Crippen molar-refractivity contribution in [2.75, 3.05) is 21.3 Å². The fraction of sp³-hybridized carbons (Fsp3) is 0.104. The third-order valence-electron chi connectivity index (χ3n) is 12.9. The molecule has 71 heavy (non-hydrogen) atoms. The molecule has 4 heteroatoms. The van der Waals surface area contributed by atoms with E-state index in [9.17, 15) is 0 Å². The van der Waals surface area contributed by atoms with Crippen LogP contribution < -0.4 is 19.4 Å². The van der Waals surface area contributed by atoms with E-state index in [4.69, 9.17) is 4.74 Å². The summed E-state index contributed by atoms with van der Waals surface area (Å²) in [6, 6.07) is 66.3. The molecule has 1 atom stereocenters. The van der Waals surface area contributed by atoms with Gasteiger partial charge in [-0.3, -0.25) is 0 Å². The summed E-state index contributed by atoms with van der Waals surface area (Å²) in [5.74, 6) is 0.794. The molecule has 0 amide bonds. The molecule has 4 nitrogen and oxygen atoms in total. The molecule has 0 spiro atoms. The molecule has 0 fully saturated rings. The molecule has 0 radical (unpaired) electrons. The van der Waals surface area contributed by atoms with Gasteiger partial charge < -0.3 is 19.4 Å². The molecule has 0 saturated carbocycles. The van der Waals surface area contributed by atoms with Crippen LogP contribution in [0.2, 0.25) is 0 Å². The molecule has 0 aromatic heterocycles. The minimum absolute atomic E-state index is 0.406. The molecule has 8 rings (SSSR count). The summed E-state index contributed by atoms with van der Waals surface area (Å²) in [5.41, 5.74) is 15.5. The summed E-state index contributed by atoms with van der Waals surface area (Å²) in [6.07, 6.45) is 22.0. The van der Waals surface area contributed by atoms with E-state index in [1.807, 2.05) is 24.3 Å². The van der Waals surface area contributed by atoms with E-state index >= 15 is 0 Å². The Balaban J connectivity index is 1.15. The van der Waals surface area contributed by atoms with Gasteiger partial charge in [0.2, 0.25) is 0 Å². The average Bonchev–Trinajstić information content (AvgIpc) is 3.42. The molecular formula is C67H63N3O. The summed E-state index contributed by atoms with van der Waals surface area (Å²) in [6.45, 7) is 21.8. The quantitative estimate of drug-likeness (QED) is 0.0669. The first-order valence-corrected chi connectivity index (χ1v) is 24.4. The summed E-state index contributed by atoms with van der Waals surface area (Å²) < 4.78 is 6.23. The number of allylic oxidation sites excluding steroid dienone is 8. The van der Waals surface area contributed by atoms with Gasteiger partial charge in [-0.2, -0.15) is 0 Å². The Morgan fingerprint density at radius 1 is 0.634 bits per heavy atom. The second-order valence-electron chi connectivity index (χ2n) is 17.4. The van der Waals surface area contributed by atoms with Gasteiger partial charge in [0.25, 0.3) is 0 Å². The Morgan fingerprint density at radius 3 is 1.82 bits per heavy atom. The van der Waals surface area contributed by atoms with Crippen LogP contribution in [0.1, 0.15) is 38.8 Å². The maximum atomic E-state index is 6.23. The minimum Gasteiger partial charge on any atom is -0.489 e. The number of anilines is 4. The molecule has 1 aliphatic heterocycles. The number of rotatable bonds is 17. The third-order valence-corrected chi connectivity index (χ3v) is 12.9. The lowest BCUT2D eigenvalue weighted by Crippen LogP contribution is -2.42. The molecule has 0 bridgehead atoms. The zero-order valence-electron chi connectivity index (χ0n) is 41.5. The van der Waals surface area contributed by atoms with Crippen LogP contribution in [0.15, 0.2) is 297 Å². The Labute approximate surface area is 422 Å². The van der Waals surface area contributed by atoms with E-state index in [0.717, 1.165) is 73.4 Å². The van der Waals surface area contributed by atoms with Crippen LogP contribution >= 0.6 is 0 Å². The Kier molecular flexibility index (Phi) is 15.9. The van der Waals surface area contributed by atoms with Crippen molar-refractivity contribution in [1.29, 1.82) is 0 Å². The zero-order valence-corrected chi connectivity index (χ0v) is 41.5. The lowest BCUT2D eigenvalue weighted by Gasteiger charge is -2.42. The number of hydrogen-bond donors (Lipinski definition) is 0. The van der Waals surface area contributed by atoms with Crippen LogP contribution in [0.5, 0.6) is 5.75 Å².